The number of ether oxygens (including phenoxy) is 1. The van der Waals surface area contributed by atoms with Crippen LogP contribution in [0.3, 0.4) is 0 Å². The van der Waals surface area contributed by atoms with Crippen molar-refractivity contribution >= 4 is 11.3 Å². The molecule has 0 radical (unpaired) electrons. The summed E-state index contributed by atoms with van der Waals surface area (Å²) in [6, 6.07) is 0. The van der Waals surface area contributed by atoms with Crippen LogP contribution < -0.4 is 5.32 Å². The first-order valence-electron chi connectivity index (χ1n) is 5.06. The van der Waals surface area contributed by atoms with Gasteiger partial charge in [0.15, 0.2) is 0 Å². The maximum atomic E-state index is 4.94. The number of methoxy groups -OCH3 is 1. The van der Waals surface area contributed by atoms with E-state index in [2.05, 4.69) is 36.3 Å². The Kier molecular flexibility index (Phi) is 4.63. The van der Waals surface area contributed by atoms with Gasteiger partial charge in [0.25, 0.3) is 0 Å². The summed E-state index contributed by atoms with van der Waals surface area (Å²) in [5.74, 6) is 0. The summed E-state index contributed by atoms with van der Waals surface area (Å²) in [5, 5.41) is 13.7. The third kappa shape index (κ3) is 4.24. The molecule has 0 saturated carbocycles. The van der Waals surface area contributed by atoms with Crippen molar-refractivity contribution in [2.45, 2.75) is 32.7 Å². The molecule has 5 heteroatoms. The molecule has 0 aromatic carbocycles. The highest BCUT2D eigenvalue weighted by molar-refractivity contribution is 7.11. The molecule has 0 saturated heterocycles. The van der Waals surface area contributed by atoms with Crippen molar-refractivity contribution in [3.05, 3.63) is 10.0 Å². The van der Waals surface area contributed by atoms with Crippen LogP contribution >= 0.6 is 11.3 Å². The van der Waals surface area contributed by atoms with Crippen LogP contribution in [0.5, 0.6) is 0 Å². The number of rotatable bonds is 5. The van der Waals surface area contributed by atoms with E-state index in [9.17, 15) is 0 Å². The molecule has 1 aromatic heterocycles. The Morgan fingerprint density at radius 3 is 2.60 bits per heavy atom. The first kappa shape index (κ1) is 12.5. The fourth-order valence-corrected chi connectivity index (χ4v) is 1.86. The molecule has 0 atom stereocenters. The Bertz CT molecular complexity index is 293. The van der Waals surface area contributed by atoms with Gasteiger partial charge in [-0.1, -0.05) is 32.1 Å². The number of hydrogen-bond donors (Lipinski definition) is 1. The lowest BCUT2D eigenvalue weighted by Crippen LogP contribution is -2.18. The molecule has 15 heavy (non-hydrogen) atoms. The summed E-state index contributed by atoms with van der Waals surface area (Å²) in [6.45, 7) is 8.80. The molecule has 0 aliphatic carbocycles. The van der Waals surface area contributed by atoms with Crippen LogP contribution in [-0.4, -0.2) is 30.5 Å². The van der Waals surface area contributed by atoms with E-state index < -0.39 is 0 Å². The second-order valence-electron chi connectivity index (χ2n) is 4.42. The second kappa shape index (κ2) is 5.53. The molecule has 0 aliphatic rings. The van der Waals surface area contributed by atoms with Crippen LogP contribution in [0.15, 0.2) is 0 Å². The molecule has 1 N–H and O–H groups in total. The molecule has 4 nitrogen and oxygen atoms in total. The van der Waals surface area contributed by atoms with Gasteiger partial charge in [0.2, 0.25) is 0 Å². The summed E-state index contributed by atoms with van der Waals surface area (Å²) in [7, 11) is 1.70. The van der Waals surface area contributed by atoms with E-state index in [1.165, 1.54) is 0 Å². The van der Waals surface area contributed by atoms with Crippen LogP contribution in [0.25, 0.3) is 0 Å². The van der Waals surface area contributed by atoms with Crippen molar-refractivity contribution in [2.75, 3.05) is 20.3 Å². The van der Waals surface area contributed by atoms with E-state index in [-0.39, 0.29) is 5.41 Å². The minimum absolute atomic E-state index is 0.0996. The highest BCUT2D eigenvalue weighted by atomic mass is 32.1. The molecule has 0 bridgehead atoms. The monoisotopic (exact) mass is 229 g/mol. The maximum absolute atomic E-state index is 4.94. The summed E-state index contributed by atoms with van der Waals surface area (Å²) >= 11 is 1.67. The zero-order valence-corrected chi connectivity index (χ0v) is 10.6. The normalized spacial score (nSPS) is 12.0. The topological polar surface area (TPSA) is 47.0 Å². The van der Waals surface area contributed by atoms with Gasteiger partial charge in [-0.05, 0) is 0 Å². The number of nitrogens with zero attached hydrogens (tertiary/aromatic N) is 2. The summed E-state index contributed by atoms with van der Waals surface area (Å²) < 4.78 is 4.94. The molecule has 1 heterocycles. The minimum Gasteiger partial charge on any atom is -0.383 e. The first-order chi connectivity index (χ1) is 7.04. The molecule has 0 unspecified atom stereocenters. The van der Waals surface area contributed by atoms with Gasteiger partial charge in [-0.3, -0.25) is 0 Å². The van der Waals surface area contributed by atoms with Crippen LogP contribution in [0.1, 0.15) is 30.8 Å². The Labute approximate surface area is 95.1 Å². The molecule has 86 valence electrons. The average molecular weight is 229 g/mol. The SMILES string of the molecule is COCCNCc1nnc(C(C)(C)C)s1. The Balaban J connectivity index is 2.40. The zero-order valence-electron chi connectivity index (χ0n) is 9.83. The highest BCUT2D eigenvalue weighted by Crippen LogP contribution is 2.24. The molecule has 1 aromatic rings. The third-order valence-electron chi connectivity index (χ3n) is 1.87. The van der Waals surface area contributed by atoms with Gasteiger partial charge in [0.1, 0.15) is 10.0 Å². The number of hydrogen-bond acceptors (Lipinski definition) is 5. The predicted molar refractivity (Wildman–Crippen MR) is 62.2 cm³/mol. The van der Waals surface area contributed by atoms with Crippen molar-refractivity contribution in [3.8, 4) is 0 Å². The van der Waals surface area contributed by atoms with Crippen LogP contribution in [0.4, 0.5) is 0 Å². The first-order valence-corrected chi connectivity index (χ1v) is 5.88. The van der Waals surface area contributed by atoms with Crippen LogP contribution in [0.2, 0.25) is 0 Å². The summed E-state index contributed by atoms with van der Waals surface area (Å²) in [4.78, 5) is 0. The zero-order chi connectivity index (χ0) is 11.3. The quantitative estimate of drug-likeness (QED) is 0.779. The van der Waals surface area contributed by atoms with Gasteiger partial charge in [0.05, 0.1) is 6.61 Å². The second-order valence-corrected chi connectivity index (χ2v) is 5.48. The summed E-state index contributed by atoms with van der Waals surface area (Å²) in [6.07, 6.45) is 0. The lowest BCUT2D eigenvalue weighted by atomic mass is 9.98. The Hall–Kier alpha value is -0.520. The van der Waals surface area contributed by atoms with E-state index in [4.69, 9.17) is 4.74 Å². The van der Waals surface area contributed by atoms with Gasteiger partial charge in [-0.15, -0.1) is 10.2 Å². The smallest absolute Gasteiger partial charge is 0.131 e. The van der Waals surface area contributed by atoms with E-state index >= 15 is 0 Å². The third-order valence-corrected chi connectivity index (χ3v) is 3.22. The largest absolute Gasteiger partial charge is 0.383 e. The lowest BCUT2D eigenvalue weighted by molar-refractivity contribution is 0.199. The lowest BCUT2D eigenvalue weighted by Gasteiger charge is -2.12. The fourth-order valence-electron chi connectivity index (χ4n) is 0.998. The van der Waals surface area contributed by atoms with Gasteiger partial charge in [-0.25, -0.2) is 0 Å². The minimum atomic E-state index is 0.0996. The Morgan fingerprint density at radius 2 is 2.07 bits per heavy atom. The number of nitrogens with one attached hydrogen (secondary N) is 1. The van der Waals surface area contributed by atoms with Gasteiger partial charge in [-0.2, -0.15) is 0 Å². The predicted octanol–water partition coefficient (Wildman–Crippen LogP) is 1.57. The van der Waals surface area contributed by atoms with Crippen molar-refractivity contribution in [2.24, 2.45) is 0 Å². The fraction of sp³-hybridized carbons (Fsp3) is 0.800. The molecule has 0 spiro atoms. The van der Waals surface area contributed by atoms with E-state index in [1.54, 1.807) is 18.4 Å². The average Bonchev–Trinajstić information content (AvgIpc) is 2.60. The molecule has 0 aliphatic heterocycles. The van der Waals surface area contributed by atoms with Crippen molar-refractivity contribution in [1.29, 1.82) is 0 Å². The van der Waals surface area contributed by atoms with Gasteiger partial charge < -0.3 is 10.1 Å². The molecular weight excluding hydrogens is 210 g/mol. The van der Waals surface area contributed by atoms with E-state index in [1.807, 2.05) is 0 Å². The van der Waals surface area contributed by atoms with E-state index in [0.29, 0.717) is 0 Å². The number of aromatic nitrogens is 2. The molecule has 1 rings (SSSR count). The van der Waals surface area contributed by atoms with Crippen LogP contribution in [-0.2, 0) is 16.7 Å². The molecule has 0 amide bonds. The van der Waals surface area contributed by atoms with Crippen molar-refractivity contribution in [1.82, 2.24) is 15.5 Å². The van der Waals surface area contributed by atoms with Gasteiger partial charge in [0, 0.05) is 25.6 Å². The van der Waals surface area contributed by atoms with E-state index in [0.717, 1.165) is 29.7 Å². The van der Waals surface area contributed by atoms with Gasteiger partial charge >= 0.3 is 0 Å². The maximum Gasteiger partial charge on any atom is 0.131 e. The standard InChI is InChI=1S/C10H19N3OS/c1-10(2,3)9-13-12-8(15-9)7-11-5-6-14-4/h11H,5-7H2,1-4H3. The van der Waals surface area contributed by atoms with Crippen molar-refractivity contribution < 1.29 is 4.74 Å². The Morgan fingerprint density at radius 1 is 1.33 bits per heavy atom. The highest BCUT2D eigenvalue weighted by Gasteiger charge is 2.18. The van der Waals surface area contributed by atoms with Crippen LogP contribution in [0, 0.1) is 0 Å². The molecule has 0 fully saturated rings. The summed E-state index contributed by atoms with van der Waals surface area (Å²) in [5.41, 5.74) is 0.0996. The van der Waals surface area contributed by atoms with Crippen molar-refractivity contribution in [3.63, 3.8) is 0 Å². The molecular formula is C10H19N3OS.